The van der Waals surface area contributed by atoms with E-state index in [9.17, 15) is 9.90 Å². The van der Waals surface area contributed by atoms with Crippen molar-refractivity contribution in [3.05, 3.63) is 23.8 Å². The number of hydrogen-bond acceptors (Lipinski definition) is 7. The SMILES string of the molecule is COCCCOc1cc(CC(C[C@H](N)C(O)CC(C(=O)NC[C@H]2CC23CCOCC3)C(C)C)C(C)C)ccc1OC. The first-order valence-corrected chi connectivity index (χ1v) is 15.7. The summed E-state index contributed by atoms with van der Waals surface area (Å²) in [6.07, 6.45) is 5.32. The fourth-order valence-corrected chi connectivity index (χ4v) is 6.33. The van der Waals surface area contributed by atoms with E-state index in [2.05, 4.69) is 39.1 Å². The van der Waals surface area contributed by atoms with Gasteiger partial charge in [-0.1, -0.05) is 33.8 Å². The van der Waals surface area contributed by atoms with Gasteiger partial charge >= 0.3 is 0 Å². The third kappa shape index (κ3) is 9.84. The van der Waals surface area contributed by atoms with Gasteiger partial charge in [0.25, 0.3) is 0 Å². The highest BCUT2D eigenvalue weighted by molar-refractivity contribution is 5.79. The number of benzene rings is 1. The van der Waals surface area contributed by atoms with E-state index in [0.29, 0.717) is 49.1 Å². The van der Waals surface area contributed by atoms with Crippen molar-refractivity contribution >= 4 is 5.91 Å². The summed E-state index contributed by atoms with van der Waals surface area (Å²) >= 11 is 0. The van der Waals surface area contributed by atoms with Crippen LogP contribution in [0, 0.1) is 35.0 Å². The van der Waals surface area contributed by atoms with Crippen LogP contribution in [0.1, 0.15) is 71.8 Å². The number of aliphatic hydroxyl groups excluding tert-OH is 1. The Balaban J connectivity index is 1.54. The van der Waals surface area contributed by atoms with Gasteiger partial charge < -0.3 is 35.1 Å². The van der Waals surface area contributed by atoms with E-state index in [0.717, 1.165) is 56.8 Å². The van der Waals surface area contributed by atoms with Gasteiger partial charge in [-0.2, -0.15) is 0 Å². The average molecular weight is 577 g/mol. The van der Waals surface area contributed by atoms with E-state index in [1.165, 1.54) is 6.42 Å². The van der Waals surface area contributed by atoms with E-state index < -0.39 is 12.1 Å². The Morgan fingerprint density at radius 2 is 1.83 bits per heavy atom. The summed E-state index contributed by atoms with van der Waals surface area (Å²) in [5.41, 5.74) is 8.13. The van der Waals surface area contributed by atoms with Crippen LogP contribution in [-0.2, 0) is 20.7 Å². The van der Waals surface area contributed by atoms with Crippen molar-refractivity contribution in [2.75, 3.05) is 47.2 Å². The molecule has 8 heteroatoms. The maximum atomic E-state index is 13.2. The fourth-order valence-electron chi connectivity index (χ4n) is 6.33. The number of aliphatic hydroxyl groups is 1. The Labute approximate surface area is 248 Å². The van der Waals surface area contributed by atoms with Crippen LogP contribution in [0.3, 0.4) is 0 Å². The van der Waals surface area contributed by atoms with Crippen LogP contribution in [0.15, 0.2) is 18.2 Å². The molecule has 0 bridgehead atoms. The molecule has 3 unspecified atom stereocenters. The number of nitrogens with two attached hydrogens (primary N) is 1. The molecule has 0 radical (unpaired) electrons. The number of carbonyl (C=O) groups is 1. The molecule has 2 fully saturated rings. The van der Waals surface area contributed by atoms with E-state index in [4.69, 9.17) is 24.7 Å². The maximum Gasteiger partial charge on any atom is 0.223 e. The summed E-state index contributed by atoms with van der Waals surface area (Å²) < 4.78 is 22.1. The number of ether oxygens (including phenoxy) is 4. The van der Waals surface area contributed by atoms with E-state index in [-0.39, 0.29) is 23.7 Å². The Morgan fingerprint density at radius 3 is 2.46 bits per heavy atom. The molecule has 1 aliphatic carbocycles. The van der Waals surface area contributed by atoms with Crippen LogP contribution in [0.2, 0.25) is 0 Å². The van der Waals surface area contributed by atoms with Crippen molar-refractivity contribution in [1.82, 2.24) is 5.32 Å². The average Bonchev–Trinajstić information content (AvgIpc) is 3.62. The molecule has 1 aromatic carbocycles. The largest absolute Gasteiger partial charge is 0.493 e. The summed E-state index contributed by atoms with van der Waals surface area (Å²) in [5, 5.41) is 14.4. The van der Waals surface area contributed by atoms with Gasteiger partial charge in [-0.25, -0.2) is 0 Å². The van der Waals surface area contributed by atoms with E-state index >= 15 is 0 Å². The fraction of sp³-hybridized carbons (Fsp3) is 0.788. The zero-order valence-corrected chi connectivity index (χ0v) is 26.3. The molecule has 0 aromatic heterocycles. The molecular formula is C33H56N2O6. The Hall–Kier alpha value is -1.87. The second-order valence-corrected chi connectivity index (χ2v) is 13.1. The standard InChI is InChI=1S/C33H56N2O6/c1-22(2)25(16-24-8-9-30(39-6)31(17-24)41-13-7-12-38-5)18-28(34)29(36)19-27(23(3)4)32(37)35-21-26-20-33(26)10-14-40-15-11-33/h8-9,17,22-23,25-29,36H,7,10-16,18-21,34H2,1-6H3,(H,35,37)/t25?,26-,27?,28+,29?/m1/s1. The topological polar surface area (TPSA) is 112 Å². The van der Waals surface area contributed by atoms with Crippen LogP contribution in [0.5, 0.6) is 11.5 Å². The van der Waals surface area contributed by atoms with Crippen molar-refractivity contribution in [3.63, 3.8) is 0 Å². The molecule has 1 saturated carbocycles. The molecule has 1 saturated heterocycles. The van der Waals surface area contributed by atoms with E-state index in [1.807, 2.05) is 12.1 Å². The minimum Gasteiger partial charge on any atom is -0.493 e. The lowest BCUT2D eigenvalue weighted by Gasteiger charge is -2.30. The van der Waals surface area contributed by atoms with Gasteiger partial charge in [0.1, 0.15) is 0 Å². The van der Waals surface area contributed by atoms with Gasteiger partial charge in [-0.3, -0.25) is 4.79 Å². The van der Waals surface area contributed by atoms with Gasteiger partial charge in [-0.05, 0) is 85.3 Å². The van der Waals surface area contributed by atoms with Gasteiger partial charge in [0.05, 0.1) is 19.8 Å². The zero-order chi connectivity index (χ0) is 30.0. The van der Waals surface area contributed by atoms with Crippen molar-refractivity contribution in [1.29, 1.82) is 0 Å². The molecule has 5 atom stereocenters. The number of methoxy groups -OCH3 is 2. The first-order chi connectivity index (χ1) is 19.6. The second kappa shape index (κ2) is 16.1. The highest BCUT2D eigenvalue weighted by Crippen LogP contribution is 2.58. The summed E-state index contributed by atoms with van der Waals surface area (Å²) in [6.45, 7) is 12.1. The molecule has 1 aliphatic heterocycles. The maximum absolute atomic E-state index is 13.2. The quantitative estimate of drug-likeness (QED) is 0.219. The first kappa shape index (κ1) is 33.6. The third-order valence-electron chi connectivity index (χ3n) is 9.50. The minimum atomic E-state index is -0.743. The molecule has 1 spiro atoms. The Morgan fingerprint density at radius 1 is 1.10 bits per heavy atom. The summed E-state index contributed by atoms with van der Waals surface area (Å²) in [5.74, 6) is 2.53. The van der Waals surface area contributed by atoms with Crippen molar-refractivity contribution in [2.45, 2.75) is 84.8 Å². The van der Waals surface area contributed by atoms with Gasteiger partial charge in [0.15, 0.2) is 11.5 Å². The highest BCUT2D eigenvalue weighted by Gasteiger charge is 2.53. The molecule has 3 rings (SSSR count). The number of amides is 1. The summed E-state index contributed by atoms with van der Waals surface area (Å²) in [4.78, 5) is 13.2. The smallest absolute Gasteiger partial charge is 0.223 e. The predicted octanol–water partition coefficient (Wildman–Crippen LogP) is 4.60. The monoisotopic (exact) mass is 576 g/mol. The lowest BCUT2D eigenvalue weighted by Crippen LogP contribution is -2.43. The summed E-state index contributed by atoms with van der Waals surface area (Å²) in [6, 6.07) is 5.66. The van der Waals surface area contributed by atoms with Crippen LogP contribution in [0.25, 0.3) is 0 Å². The summed E-state index contributed by atoms with van der Waals surface area (Å²) in [7, 11) is 3.33. The first-order valence-electron chi connectivity index (χ1n) is 15.7. The molecule has 234 valence electrons. The highest BCUT2D eigenvalue weighted by atomic mass is 16.5. The van der Waals surface area contributed by atoms with Gasteiger partial charge in [0, 0.05) is 51.9 Å². The third-order valence-corrected chi connectivity index (χ3v) is 9.50. The minimum absolute atomic E-state index is 0.0389. The molecule has 1 heterocycles. The van der Waals surface area contributed by atoms with Gasteiger partial charge in [-0.15, -0.1) is 0 Å². The lowest BCUT2D eigenvalue weighted by molar-refractivity contribution is -0.127. The molecule has 2 aliphatic rings. The Kier molecular flexibility index (Phi) is 13.2. The second-order valence-electron chi connectivity index (χ2n) is 13.1. The van der Waals surface area contributed by atoms with E-state index in [1.54, 1.807) is 14.2 Å². The van der Waals surface area contributed by atoms with Gasteiger partial charge in [0.2, 0.25) is 5.91 Å². The molecule has 1 aromatic rings. The van der Waals surface area contributed by atoms with Crippen molar-refractivity contribution in [3.8, 4) is 11.5 Å². The van der Waals surface area contributed by atoms with Crippen LogP contribution < -0.4 is 20.5 Å². The predicted molar refractivity (Wildman–Crippen MR) is 162 cm³/mol. The molecule has 4 N–H and O–H groups in total. The number of carbonyl (C=O) groups excluding carboxylic acids is 1. The van der Waals surface area contributed by atoms with Crippen molar-refractivity contribution < 1.29 is 28.8 Å². The molecule has 8 nitrogen and oxygen atoms in total. The Bertz CT molecular complexity index is 932. The molecule has 41 heavy (non-hydrogen) atoms. The molecule has 1 amide bonds. The lowest BCUT2D eigenvalue weighted by atomic mass is 9.80. The number of hydrogen-bond donors (Lipinski definition) is 3. The van der Waals surface area contributed by atoms with Crippen LogP contribution in [0.4, 0.5) is 0 Å². The van der Waals surface area contributed by atoms with Crippen LogP contribution >= 0.6 is 0 Å². The molecular weight excluding hydrogens is 520 g/mol. The number of rotatable bonds is 18. The zero-order valence-electron chi connectivity index (χ0n) is 26.3. The normalized spacial score (nSPS) is 21.0. The van der Waals surface area contributed by atoms with Crippen LogP contribution in [-0.4, -0.2) is 70.4 Å². The van der Waals surface area contributed by atoms with Crippen molar-refractivity contribution in [2.24, 2.45) is 40.7 Å². The number of nitrogens with one attached hydrogen (secondary N) is 1.